The van der Waals surface area contributed by atoms with Gasteiger partial charge in [-0.15, -0.1) is 0 Å². The molecule has 1 fully saturated rings. The van der Waals surface area contributed by atoms with Crippen LogP contribution in [0.1, 0.15) is 11.3 Å². The number of hydrogen-bond acceptors (Lipinski definition) is 4. The molecule has 2 aromatic rings. The van der Waals surface area contributed by atoms with Crippen LogP contribution in [0.3, 0.4) is 0 Å². The van der Waals surface area contributed by atoms with Gasteiger partial charge in [-0.25, -0.2) is 9.69 Å². The molecule has 3 rings (SSSR count). The van der Waals surface area contributed by atoms with Gasteiger partial charge in [-0.1, -0.05) is 12.1 Å². The largest absolute Gasteiger partial charge is 0.450 e. The molecule has 1 aliphatic heterocycles. The quantitative estimate of drug-likeness (QED) is 0.388. The number of aryl methyl sites for hydroxylation is 1. The second-order valence-corrected chi connectivity index (χ2v) is 6.90. The topological polar surface area (TPSA) is 79.6 Å². The molecular weight excluding hydrogens is 491 g/mol. The third kappa shape index (κ3) is 3.16. The first-order valence-corrected chi connectivity index (χ1v) is 8.67. The number of amides is 4. The average Bonchev–Trinajstić information content (AvgIpc) is 2.82. The van der Waals surface area contributed by atoms with E-state index in [1.165, 1.54) is 6.08 Å². The fraction of sp³-hybridized carbons (Fsp3) is 0.0625. The minimum absolute atomic E-state index is 0.172. The van der Waals surface area contributed by atoms with Crippen LogP contribution in [-0.2, 0) is 9.59 Å². The molecule has 4 amide bonds. The highest BCUT2D eigenvalue weighted by Crippen LogP contribution is 2.27. The first kappa shape index (κ1) is 16.9. The van der Waals surface area contributed by atoms with Gasteiger partial charge in [0.1, 0.15) is 11.3 Å². The van der Waals surface area contributed by atoms with Gasteiger partial charge in [0.05, 0.1) is 10.2 Å². The summed E-state index contributed by atoms with van der Waals surface area (Å²) in [6, 6.07) is 7.77. The van der Waals surface area contributed by atoms with Crippen molar-refractivity contribution in [2.24, 2.45) is 0 Å². The molecule has 122 valence electrons. The van der Waals surface area contributed by atoms with Gasteiger partial charge in [0.15, 0.2) is 3.77 Å². The fourth-order valence-electron chi connectivity index (χ4n) is 2.24. The Morgan fingerprint density at radius 2 is 2.00 bits per heavy atom. The molecule has 1 aliphatic rings. The van der Waals surface area contributed by atoms with Crippen LogP contribution in [0.4, 0.5) is 10.5 Å². The molecule has 1 saturated heterocycles. The number of urea groups is 1. The van der Waals surface area contributed by atoms with Gasteiger partial charge in [0.2, 0.25) is 0 Å². The van der Waals surface area contributed by atoms with E-state index in [2.05, 4.69) is 21.2 Å². The Bertz CT molecular complexity index is 884. The van der Waals surface area contributed by atoms with Gasteiger partial charge in [-0.2, -0.15) is 0 Å². The number of carbonyl (C=O) groups is 3. The lowest BCUT2D eigenvalue weighted by Crippen LogP contribution is -2.54. The molecule has 1 aromatic heterocycles. The summed E-state index contributed by atoms with van der Waals surface area (Å²) in [5.74, 6) is -1.11. The van der Waals surface area contributed by atoms with Crippen LogP contribution in [0.25, 0.3) is 6.08 Å². The van der Waals surface area contributed by atoms with Crippen LogP contribution in [0.2, 0.25) is 0 Å². The molecule has 0 bridgehead atoms. The zero-order valence-electron chi connectivity index (χ0n) is 12.3. The second kappa shape index (κ2) is 6.52. The summed E-state index contributed by atoms with van der Waals surface area (Å²) in [5, 5.41) is 2.17. The molecule has 6 nitrogen and oxygen atoms in total. The maximum absolute atomic E-state index is 12.7. The number of halogens is 2. The number of anilines is 1. The summed E-state index contributed by atoms with van der Waals surface area (Å²) in [4.78, 5) is 37.8. The van der Waals surface area contributed by atoms with Gasteiger partial charge in [-0.3, -0.25) is 14.9 Å². The normalized spacial score (nSPS) is 16.7. The van der Waals surface area contributed by atoms with Crippen molar-refractivity contribution in [3.8, 4) is 0 Å². The van der Waals surface area contributed by atoms with Crippen molar-refractivity contribution in [3.63, 3.8) is 0 Å². The summed E-state index contributed by atoms with van der Waals surface area (Å²) >= 11 is 5.27. The van der Waals surface area contributed by atoms with Crippen LogP contribution in [0.15, 0.2) is 44.8 Å². The second-order valence-electron chi connectivity index (χ2n) is 5.07. The van der Waals surface area contributed by atoms with Crippen LogP contribution in [-0.4, -0.2) is 17.8 Å². The number of hydrogen-bond donors (Lipinski definition) is 1. The Hall–Kier alpha value is -1.94. The number of nitrogens with zero attached hydrogens (tertiary/aromatic N) is 1. The van der Waals surface area contributed by atoms with Gasteiger partial charge in [-0.05, 0) is 52.7 Å². The van der Waals surface area contributed by atoms with Crippen LogP contribution < -0.4 is 10.2 Å². The highest BCUT2D eigenvalue weighted by atomic mass is 127. The van der Waals surface area contributed by atoms with Gasteiger partial charge < -0.3 is 4.42 Å². The van der Waals surface area contributed by atoms with E-state index in [1.807, 2.05) is 35.6 Å². The highest BCUT2D eigenvalue weighted by Gasteiger charge is 2.37. The lowest BCUT2D eigenvalue weighted by molar-refractivity contribution is -0.122. The number of benzene rings is 1. The summed E-state index contributed by atoms with van der Waals surface area (Å²) in [7, 11) is 0. The van der Waals surface area contributed by atoms with E-state index in [1.54, 1.807) is 24.3 Å². The van der Waals surface area contributed by atoms with E-state index in [9.17, 15) is 14.4 Å². The molecule has 1 aromatic carbocycles. The summed E-state index contributed by atoms with van der Waals surface area (Å²) in [6.07, 6.45) is 1.32. The van der Waals surface area contributed by atoms with Crippen molar-refractivity contribution in [1.29, 1.82) is 0 Å². The van der Waals surface area contributed by atoms with Gasteiger partial charge in [0, 0.05) is 22.6 Å². The summed E-state index contributed by atoms with van der Waals surface area (Å²) in [6.45, 7) is 1.85. The third-order valence-electron chi connectivity index (χ3n) is 3.31. The van der Waals surface area contributed by atoms with Crippen LogP contribution in [0.5, 0.6) is 0 Å². The summed E-state index contributed by atoms with van der Waals surface area (Å²) in [5.41, 5.74) is 1.11. The van der Waals surface area contributed by atoms with Gasteiger partial charge in [0.25, 0.3) is 11.8 Å². The van der Waals surface area contributed by atoms with Crippen molar-refractivity contribution in [1.82, 2.24) is 5.32 Å². The van der Waals surface area contributed by atoms with E-state index < -0.39 is 17.8 Å². The first-order valence-electron chi connectivity index (χ1n) is 6.80. The molecule has 0 radical (unpaired) electrons. The molecular formula is C16H10BrIN2O4. The standard InChI is InChI=1S/C16H10BrIN2O4/c1-8-3-2-4-9(5-8)20-15(22)11(14(21)19-16(20)23)6-10-7-12(17)13(18)24-10/h2-7H,1H3,(H,19,21,23)/b11-6+. The number of imide groups is 2. The van der Waals surface area contributed by atoms with Crippen molar-refractivity contribution in [2.45, 2.75) is 6.92 Å². The SMILES string of the molecule is Cc1cccc(N2C(=O)NC(=O)/C(=C\c3cc(Br)c(I)o3)C2=O)c1. The number of barbiturate groups is 1. The maximum atomic E-state index is 12.7. The smallest absolute Gasteiger partial charge is 0.335 e. The highest BCUT2D eigenvalue weighted by molar-refractivity contribution is 14.1. The molecule has 8 heteroatoms. The zero-order chi connectivity index (χ0) is 17.4. The molecule has 0 saturated carbocycles. The van der Waals surface area contributed by atoms with Crippen LogP contribution in [0, 0.1) is 10.7 Å². The molecule has 1 N–H and O–H groups in total. The fourth-order valence-corrected chi connectivity index (χ4v) is 2.95. The molecule has 2 heterocycles. The Kier molecular flexibility index (Phi) is 4.59. The Labute approximate surface area is 159 Å². The van der Waals surface area contributed by atoms with E-state index in [-0.39, 0.29) is 5.57 Å². The van der Waals surface area contributed by atoms with Crippen LogP contribution >= 0.6 is 38.5 Å². The maximum Gasteiger partial charge on any atom is 0.335 e. The molecule has 24 heavy (non-hydrogen) atoms. The number of nitrogens with one attached hydrogen (secondary N) is 1. The monoisotopic (exact) mass is 500 g/mol. The van der Waals surface area contributed by atoms with Crippen molar-refractivity contribution >= 4 is 68.1 Å². The average molecular weight is 501 g/mol. The molecule has 0 unspecified atom stereocenters. The Balaban J connectivity index is 2.03. The minimum Gasteiger partial charge on any atom is -0.450 e. The predicted molar refractivity (Wildman–Crippen MR) is 99.3 cm³/mol. The zero-order valence-corrected chi connectivity index (χ0v) is 16.0. The predicted octanol–water partition coefficient (Wildman–Crippen LogP) is 3.62. The van der Waals surface area contributed by atoms with Gasteiger partial charge >= 0.3 is 6.03 Å². The number of rotatable bonds is 2. The lowest BCUT2D eigenvalue weighted by Gasteiger charge is -2.26. The number of carbonyl (C=O) groups excluding carboxylic acids is 3. The minimum atomic E-state index is -0.775. The van der Waals surface area contributed by atoms with E-state index >= 15 is 0 Å². The van der Waals surface area contributed by atoms with E-state index in [0.29, 0.717) is 19.7 Å². The van der Waals surface area contributed by atoms with Crippen molar-refractivity contribution in [3.05, 3.63) is 55.5 Å². The van der Waals surface area contributed by atoms with E-state index in [4.69, 9.17) is 4.42 Å². The molecule has 0 atom stereocenters. The van der Waals surface area contributed by atoms with Crippen molar-refractivity contribution in [2.75, 3.05) is 4.90 Å². The molecule has 0 spiro atoms. The Morgan fingerprint density at radius 1 is 1.25 bits per heavy atom. The lowest BCUT2D eigenvalue weighted by atomic mass is 10.1. The van der Waals surface area contributed by atoms with E-state index in [0.717, 1.165) is 10.5 Å². The Morgan fingerprint density at radius 3 is 2.62 bits per heavy atom. The first-order chi connectivity index (χ1) is 11.4. The molecule has 0 aliphatic carbocycles. The van der Waals surface area contributed by atoms with Crippen molar-refractivity contribution < 1.29 is 18.8 Å². The summed E-state index contributed by atoms with van der Waals surface area (Å²) < 4.78 is 6.73. The number of furan rings is 1. The third-order valence-corrected chi connectivity index (χ3v) is 5.44.